The Kier molecular flexibility index (Phi) is 6.21. The van der Waals surface area contributed by atoms with Crippen molar-refractivity contribution in [3.05, 3.63) is 63.9 Å². The molecular formula is C18H23ClN2. The number of nitrogens with one attached hydrogen (secondary N) is 1. The Balaban J connectivity index is 2.14. The summed E-state index contributed by atoms with van der Waals surface area (Å²) in [4.78, 5) is 4.55. The second-order valence-electron chi connectivity index (χ2n) is 5.28. The number of aromatic nitrogens is 1. The number of hydrogen-bond donors (Lipinski definition) is 1. The molecule has 0 spiro atoms. The zero-order valence-electron chi connectivity index (χ0n) is 12.8. The molecule has 2 nitrogen and oxygen atoms in total. The molecule has 1 N–H and O–H groups in total. The van der Waals surface area contributed by atoms with Gasteiger partial charge in [-0.3, -0.25) is 4.98 Å². The van der Waals surface area contributed by atoms with Crippen molar-refractivity contribution in [2.24, 2.45) is 0 Å². The van der Waals surface area contributed by atoms with Crippen molar-refractivity contribution in [2.75, 3.05) is 6.54 Å². The first-order valence-electron chi connectivity index (χ1n) is 7.64. The van der Waals surface area contributed by atoms with Crippen LogP contribution in [0.4, 0.5) is 0 Å². The lowest BCUT2D eigenvalue weighted by atomic mass is 10.0. The van der Waals surface area contributed by atoms with Crippen LogP contribution in [0, 0.1) is 0 Å². The van der Waals surface area contributed by atoms with Crippen LogP contribution in [-0.2, 0) is 19.4 Å². The molecule has 0 aliphatic carbocycles. The molecular weight excluding hydrogens is 280 g/mol. The third-order valence-electron chi connectivity index (χ3n) is 3.58. The van der Waals surface area contributed by atoms with Crippen LogP contribution < -0.4 is 5.32 Å². The van der Waals surface area contributed by atoms with Crippen LogP contribution in [-0.4, -0.2) is 11.5 Å². The van der Waals surface area contributed by atoms with Crippen molar-refractivity contribution in [1.29, 1.82) is 0 Å². The molecule has 0 bridgehead atoms. The molecule has 0 fully saturated rings. The molecule has 2 rings (SSSR count). The van der Waals surface area contributed by atoms with E-state index in [1.807, 2.05) is 12.3 Å². The Hall–Kier alpha value is -1.38. The Morgan fingerprint density at radius 3 is 2.62 bits per heavy atom. The topological polar surface area (TPSA) is 24.9 Å². The second kappa shape index (κ2) is 8.16. The first kappa shape index (κ1) is 16.0. The van der Waals surface area contributed by atoms with Gasteiger partial charge in [-0.05, 0) is 54.3 Å². The van der Waals surface area contributed by atoms with E-state index in [0.717, 1.165) is 43.1 Å². The van der Waals surface area contributed by atoms with E-state index < -0.39 is 0 Å². The van der Waals surface area contributed by atoms with Gasteiger partial charge in [0.2, 0.25) is 0 Å². The number of nitrogens with zero attached hydrogens (tertiary/aromatic N) is 1. The van der Waals surface area contributed by atoms with Crippen LogP contribution in [0.25, 0.3) is 0 Å². The largest absolute Gasteiger partial charge is 0.313 e. The van der Waals surface area contributed by atoms with Gasteiger partial charge in [-0.25, -0.2) is 0 Å². The van der Waals surface area contributed by atoms with Crippen molar-refractivity contribution in [3.63, 3.8) is 0 Å². The number of aryl methyl sites for hydroxylation is 1. The lowest BCUT2D eigenvalue weighted by Gasteiger charge is -2.11. The molecule has 2 aromatic rings. The maximum atomic E-state index is 6.15. The quantitative estimate of drug-likeness (QED) is 0.767. The minimum absolute atomic E-state index is 0.786. The molecule has 1 aromatic carbocycles. The summed E-state index contributed by atoms with van der Waals surface area (Å²) in [6.07, 6.45) is 4.96. The normalized spacial score (nSPS) is 10.8. The fourth-order valence-electron chi connectivity index (χ4n) is 2.30. The predicted molar refractivity (Wildman–Crippen MR) is 89.9 cm³/mol. The van der Waals surface area contributed by atoms with E-state index in [9.17, 15) is 0 Å². The second-order valence-corrected chi connectivity index (χ2v) is 5.71. The van der Waals surface area contributed by atoms with Crippen LogP contribution in [0.15, 0.2) is 36.5 Å². The van der Waals surface area contributed by atoms with Crippen LogP contribution in [0.3, 0.4) is 0 Å². The molecule has 1 heterocycles. The van der Waals surface area contributed by atoms with Gasteiger partial charge in [-0.1, -0.05) is 37.6 Å². The van der Waals surface area contributed by atoms with Crippen LogP contribution >= 0.6 is 11.6 Å². The molecule has 0 atom stereocenters. The van der Waals surface area contributed by atoms with Crippen LogP contribution in [0.5, 0.6) is 0 Å². The monoisotopic (exact) mass is 302 g/mol. The summed E-state index contributed by atoms with van der Waals surface area (Å²) in [6.45, 7) is 6.24. The van der Waals surface area contributed by atoms with Gasteiger partial charge < -0.3 is 5.32 Å². The van der Waals surface area contributed by atoms with Gasteiger partial charge in [-0.15, -0.1) is 0 Å². The third-order valence-corrected chi connectivity index (χ3v) is 3.81. The van der Waals surface area contributed by atoms with Gasteiger partial charge in [0.15, 0.2) is 0 Å². The van der Waals surface area contributed by atoms with Crippen molar-refractivity contribution >= 4 is 11.6 Å². The lowest BCUT2D eigenvalue weighted by molar-refractivity contribution is 0.672. The van der Waals surface area contributed by atoms with E-state index in [2.05, 4.69) is 48.4 Å². The summed E-state index contributed by atoms with van der Waals surface area (Å²) >= 11 is 6.15. The molecule has 0 amide bonds. The Morgan fingerprint density at radius 1 is 1.10 bits per heavy atom. The summed E-state index contributed by atoms with van der Waals surface area (Å²) in [5.74, 6) is 0. The Bertz CT molecular complexity index is 564. The molecule has 0 radical (unpaired) electrons. The predicted octanol–water partition coefficient (Wildman–Crippen LogP) is 4.39. The zero-order chi connectivity index (χ0) is 15.1. The Labute approximate surface area is 132 Å². The van der Waals surface area contributed by atoms with E-state index in [4.69, 9.17) is 11.6 Å². The van der Waals surface area contributed by atoms with E-state index in [0.29, 0.717) is 0 Å². The van der Waals surface area contributed by atoms with Crippen LogP contribution in [0.1, 0.15) is 42.7 Å². The average Bonchev–Trinajstić information content (AvgIpc) is 2.50. The highest BCUT2D eigenvalue weighted by Gasteiger charge is 2.06. The van der Waals surface area contributed by atoms with E-state index in [1.165, 1.54) is 16.7 Å². The third kappa shape index (κ3) is 4.83. The summed E-state index contributed by atoms with van der Waals surface area (Å²) in [5, 5.41) is 4.24. The van der Waals surface area contributed by atoms with Gasteiger partial charge in [0, 0.05) is 29.9 Å². The highest BCUT2D eigenvalue weighted by Crippen LogP contribution is 2.19. The fraction of sp³-hybridized carbons (Fsp3) is 0.389. The number of rotatable bonds is 7. The number of benzene rings is 1. The van der Waals surface area contributed by atoms with Crippen molar-refractivity contribution in [3.8, 4) is 0 Å². The molecule has 0 saturated heterocycles. The number of halogens is 1. The Morgan fingerprint density at radius 2 is 1.95 bits per heavy atom. The average molecular weight is 303 g/mol. The first-order chi connectivity index (χ1) is 10.2. The smallest absolute Gasteiger partial charge is 0.0447 e. The van der Waals surface area contributed by atoms with Gasteiger partial charge in [0.1, 0.15) is 0 Å². The molecule has 0 aliphatic rings. The van der Waals surface area contributed by atoms with Gasteiger partial charge in [-0.2, -0.15) is 0 Å². The molecule has 0 saturated carbocycles. The van der Waals surface area contributed by atoms with Crippen molar-refractivity contribution in [2.45, 2.75) is 39.7 Å². The zero-order valence-corrected chi connectivity index (χ0v) is 13.6. The molecule has 112 valence electrons. The van der Waals surface area contributed by atoms with Gasteiger partial charge in [0.25, 0.3) is 0 Å². The number of hydrogen-bond acceptors (Lipinski definition) is 2. The maximum Gasteiger partial charge on any atom is 0.0447 e. The van der Waals surface area contributed by atoms with E-state index in [1.54, 1.807) is 0 Å². The maximum absolute atomic E-state index is 6.15. The molecule has 0 aliphatic heterocycles. The summed E-state index contributed by atoms with van der Waals surface area (Å²) in [7, 11) is 0. The minimum atomic E-state index is 0.786. The van der Waals surface area contributed by atoms with Crippen LogP contribution in [0.2, 0.25) is 5.02 Å². The van der Waals surface area contributed by atoms with E-state index in [-0.39, 0.29) is 0 Å². The number of pyridine rings is 1. The standard InChI is InChI=1S/C18H23ClN2/c1-3-9-20-13-15-6-7-17(19)10-16(15)11-18-8-5-14(4-2)12-21-18/h5-8,10,12,20H,3-4,9,11,13H2,1-2H3. The highest BCUT2D eigenvalue weighted by atomic mass is 35.5. The van der Waals surface area contributed by atoms with Crippen molar-refractivity contribution in [1.82, 2.24) is 10.3 Å². The van der Waals surface area contributed by atoms with Crippen molar-refractivity contribution < 1.29 is 0 Å². The molecule has 1 aromatic heterocycles. The lowest BCUT2D eigenvalue weighted by Crippen LogP contribution is -2.15. The minimum Gasteiger partial charge on any atom is -0.313 e. The van der Waals surface area contributed by atoms with E-state index >= 15 is 0 Å². The summed E-state index contributed by atoms with van der Waals surface area (Å²) in [6, 6.07) is 10.4. The highest BCUT2D eigenvalue weighted by molar-refractivity contribution is 6.30. The molecule has 21 heavy (non-hydrogen) atoms. The van der Waals surface area contributed by atoms with Gasteiger partial charge in [0.05, 0.1) is 0 Å². The SMILES string of the molecule is CCCNCc1ccc(Cl)cc1Cc1ccc(CC)cn1. The summed E-state index contributed by atoms with van der Waals surface area (Å²) < 4.78 is 0. The first-order valence-corrected chi connectivity index (χ1v) is 8.02. The molecule has 0 unspecified atom stereocenters. The molecule has 3 heteroatoms. The summed E-state index contributed by atoms with van der Waals surface area (Å²) in [5.41, 5.74) is 4.91. The fourth-order valence-corrected chi connectivity index (χ4v) is 2.49. The van der Waals surface area contributed by atoms with Gasteiger partial charge >= 0.3 is 0 Å².